The van der Waals surface area contributed by atoms with Crippen molar-refractivity contribution in [3.63, 3.8) is 0 Å². The smallest absolute Gasteiger partial charge is 0.408 e. The first-order valence-corrected chi connectivity index (χ1v) is 6.80. The fourth-order valence-electron chi connectivity index (χ4n) is 2.30. The maximum absolute atomic E-state index is 13.3. The number of rotatable bonds is 2. The van der Waals surface area contributed by atoms with Crippen LogP contribution in [0.4, 0.5) is 17.6 Å². The number of piperazine rings is 1. The SMILES string of the molecule is Cl.Cl.Oc1c([C@@H](N2CCNCC2)C(F)(F)F)ccc(F)c1Br. The van der Waals surface area contributed by atoms with Gasteiger partial charge < -0.3 is 10.4 Å². The molecule has 1 heterocycles. The van der Waals surface area contributed by atoms with Crippen molar-refractivity contribution in [1.29, 1.82) is 0 Å². The molecule has 0 aliphatic carbocycles. The van der Waals surface area contributed by atoms with Crippen LogP contribution in [0.2, 0.25) is 0 Å². The summed E-state index contributed by atoms with van der Waals surface area (Å²) in [5, 5.41) is 12.8. The molecule has 3 nitrogen and oxygen atoms in total. The van der Waals surface area contributed by atoms with Crippen LogP contribution in [-0.2, 0) is 0 Å². The van der Waals surface area contributed by atoms with Crippen molar-refractivity contribution in [2.24, 2.45) is 0 Å². The lowest BCUT2D eigenvalue weighted by atomic mass is 10.0. The molecule has 1 aromatic carbocycles. The summed E-state index contributed by atoms with van der Waals surface area (Å²) >= 11 is 2.77. The van der Waals surface area contributed by atoms with Crippen LogP contribution < -0.4 is 5.32 Å². The molecule has 0 bridgehead atoms. The number of aromatic hydroxyl groups is 1. The van der Waals surface area contributed by atoms with E-state index in [4.69, 9.17) is 0 Å². The van der Waals surface area contributed by atoms with Crippen molar-refractivity contribution in [2.45, 2.75) is 12.2 Å². The van der Waals surface area contributed by atoms with Crippen molar-refractivity contribution in [1.82, 2.24) is 10.2 Å². The summed E-state index contributed by atoms with van der Waals surface area (Å²) in [4.78, 5) is 1.23. The highest BCUT2D eigenvalue weighted by Gasteiger charge is 2.46. The highest BCUT2D eigenvalue weighted by molar-refractivity contribution is 9.10. The molecule has 1 aliphatic rings. The molecule has 2 N–H and O–H groups in total. The Labute approximate surface area is 146 Å². The molecule has 0 spiro atoms. The van der Waals surface area contributed by atoms with Gasteiger partial charge in [-0.05, 0) is 22.0 Å². The number of phenols is 1. The van der Waals surface area contributed by atoms with Crippen LogP contribution in [0.1, 0.15) is 11.6 Å². The van der Waals surface area contributed by atoms with E-state index in [0.717, 1.165) is 12.1 Å². The third-order valence-corrected chi connectivity index (χ3v) is 3.98. The largest absolute Gasteiger partial charge is 0.506 e. The van der Waals surface area contributed by atoms with Crippen LogP contribution in [0, 0.1) is 5.82 Å². The Bertz CT molecular complexity index is 499. The molecule has 0 unspecified atom stereocenters. The minimum absolute atomic E-state index is 0. The summed E-state index contributed by atoms with van der Waals surface area (Å²) in [5.74, 6) is -1.50. The summed E-state index contributed by atoms with van der Waals surface area (Å²) < 4.78 is 52.9. The number of halogens is 7. The van der Waals surface area contributed by atoms with E-state index in [0.29, 0.717) is 13.1 Å². The first kappa shape index (κ1) is 21.7. The van der Waals surface area contributed by atoms with E-state index in [9.17, 15) is 22.7 Å². The fourth-order valence-corrected chi connectivity index (χ4v) is 2.66. The third-order valence-electron chi connectivity index (χ3n) is 3.22. The number of benzene rings is 1. The number of hydrogen-bond acceptors (Lipinski definition) is 3. The van der Waals surface area contributed by atoms with Gasteiger partial charge in [0.1, 0.15) is 17.6 Å². The highest BCUT2D eigenvalue weighted by atomic mass is 79.9. The molecule has 128 valence electrons. The third kappa shape index (κ3) is 4.61. The lowest BCUT2D eigenvalue weighted by Gasteiger charge is -2.36. The van der Waals surface area contributed by atoms with E-state index in [1.165, 1.54) is 4.90 Å². The van der Waals surface area contributed by atoms with Crippen LogP contribution in [0.15, 0.2) is 16.6 Å². The van der Waals surface area contributed by atoms with Gasteiger partial charge in [-0.25, -0.2) is 4.39 Å². The molecule has 1 atom stereocenters. The predicted octanol–water partition coefficient (Wildman–Crippen LogP) is 3.65. The molecule has 1 saturated heterocycles. The van der Waals surface area contributed by atoms with Crippen LogP contribution >= 0.6 is 40.7 Å². The summed E-state index contributed by atoms with van der Waals surface area (Å²) in [6.45, 7) is 1.29. The van der Waals surface area contributed by atoms with Gasteiger partial charge in [-0.15, -0.1) is 24.8 Å². The molecule has 1 aromatic rings. The van der Waals surface area contributed by atoms with Crippen molar-refractivity contribution >= 4 is 40.7 Å². The van der Waals surface area contributed by atoms with Gasteiger partial charge in [0.15, 0.2) is 0 Å². The van der Waals surface area contributed by atoms with Gasteiger partial charge in [0, 0.05) is 31.7 Å². The van der Waals surface area contributed by atoms with Gasteiger partial charge in [0.25, 0.3) is 0 Å². The van der Waals surface area contributed by atoms with Gasteiger partial charge in [-0.1, -0.05) is 6.07 Å². The molecule has 0 aromatic heterocycles. The average molecular weight is 430 g/mol. The molecule has 1 fully saturated rings. The molecule has 0 amide bonds. The number of nitrogens with one attached hydrogen (secondary N) is 1. The van der Waals surface area contributed by atoms with E-state index in [2.05, 4.69) is 21.2 Å². The maximum Gasteiger partial charge on any atom is 0.408 e. The Morgan fingerprint density at radius 1 is 1.18 bits per heavy atom. The van der Waals surface area contributed by atoms with Crippen molar-refractivity contribution in [3.8, 4) is 5.75 Å². The summed E-state index contributed by atoms with van der Waals surface area (Å²) in [6, 6.07) is -0.0446. The first-order chi connectivity index (χ1) is 9.32. The molecule has 10 heteroatoms. The zero-order valence-corrected chi connectivity index (χ0v) is 14.4. The van der Waals surface area contributed by atoms with Crippen molar-refractivity contribution in [2.75, 3.05) is 26.2 Å². The maximum atomic E-state index is 13.3. The molecule has 0 saturated carbocycles. The normalized spacial score (nSPS) is 17.3. The number of hydrogen-bond donors (Lipinski definition) is 2. The molecule has 22 heavy (non-hydrogen) atoms. The van der Waals surface area contributed by atoms with Gasteiger partial charge in [0.05, 0.1) is 4.47 Å². The zero-order chi connectivity index (χ0) is 14.9. The highest BCUT2D eigenvalue weighted by Crippen LogP contribution is 2.44. The molecule has 2 rings (SSSR count). The Morgan fingerprint density at radius 2 is 1.73 bits per heavy atom. The Hall–Kier alpha value is -0.280. The Kier molecular flexibility index (Phi) is 8.43. The van der Waals surface area contributed by atoms with Gasteiger partial charge in [-0.3, -0.25) is 4.90 Å². The minimum Gasteiger partial charge on any atom is -0.506 e. The second-order valence-electron chi connectivity index (χ2n) is 4.53. The van der Waals surface area contributed by atoms with E-state index in [1.54, 1.807) is 0 Å². The van der Waals surface area contributed by atoms with Crippen molar-refractivity contribution < 1.29 is 22.7 Å². The van der Waals surface area contributed by atoms with E-state index < -0.39 is 23.8 Å². The van der Waals surface area contributed by atoms with Crippen molar-refractivity contribution in [3.05, 3.63) is 28.0 Å². The van der Waals surface area contributed by atoms with E-state index >= 15 is 0 Å². The number of nitrogens with zero attached hydrogens (tertiary/aromatic N) is 1. The summed E-state index contributed by atoms with van der Waals surface area (Å²) in [7, 11) is 0. The quantitative estimate of drug-likeness (QED) is 0.704. The Balaban J connectivity index is 0.00000220. The molecular formula is C12H15BrCl2F4N2O. The monoisotopic (exact) mass is 428 g/mol. The average Bonchev–Trinajstić information content (AvgIpc) is 2.39. The van der Waals surface area contributed by atoms with Crippen LogP contribution in [0.3, 0.4) is 0 Å². The van der Waals surface area contributed by atoms with Gasteiger partial charge in [0.2, 0.25) is 0 Å². The van der Waals surface area contributed by atoms with Crippen LogP contribution in [0.5, 0.6) is 5.75 Å². The fraction of sp³-hybridized carbons (Fsp3) is 0.500. The first-order valence-electron chi connectivity index (χ1n) is 6.00. The molecular weight excluding hydrogens is 415 g/mol. The van der Waals surface area contributed by atoms with Crippen LogP contribution in [-0.4, -0.2) is 42.4 Å². The topological polar surface area (TPSA) is 35.5 Å². The van der Waals surface area contributed by atoms with Crippen LogP contribution in [0.25, 0.3) is 0 Å². The molecule has 0 radical (unpaired) electrons. The second-order valence-corrected chi connectivity index (χ2v) is 5.32. The predicted molar refractivity (Wildman–Crippen MR) is 83.5 cm³/mol. The van der Waals surface area contributed by atoms with Gasteiger partial charge in [-0.2, -0.15) is 13.2 Å². The zero-order valence-electron chi connectivity index (χ0n) is 11.2. The minimum atomic E-state index is -4.55. The van der Waals surface area contributed by atoms with Gasteiger partial charge >= 0.3 is 6.18 Å². The standard InChI is InChI=1S/C12H13BrF4N2O.2ClH/c13-9-8(14)2-1-7(10(9)20)11(12(15,16)17)19-5-3-18-4-6-19;;/h1-2,11,18,20H,3-6H2;2*1H/t11-;;/m1../s1. The number of alkyl halides is 3. The second kappa shape index (κ2) is 8.54. The summed E-state index contributed by atoms with van der Waals surface area (Å²) in [6.07, 6.45) is -4.55. The van der Waals surface area contributed by atoms with E-state index in [-0.39, 0.29) is 47.9 Å². The lowest BCUT2D eigenvalue weighted by molar-refractivity contribution is -0.188. The van der Waals surface area contributed by atoms with E-state index in [1.807, 2.05) is 0 Å². The molecule has 1 aliphatic heterocycles. The lowest BCUT2D eigenvalue weighted by Crippen LogP contribution is -2.49. The Morgan fingerprint density at radius 3 is 2.23 bits per heavy atom. The number of phenolic OH excluding ortho intramolecular Hbond substituents is 1. The summed E-state index contributed by atoms with van der Waals surface area (Å²) in [5.41, 5.74) is -0.340.